The molecule has 1 fully saturated rings. The van der Waals surface area contributed by atoms with Crippen LogP contribution in [0.4, 0.5) is 0 Å². The molecule has 3 aromatic carbocycles. The lowest BCUT2D eigenvalue weighted by Gasteiger charge is -2.25. The first kappa shape index (κ1) is 23.4. The second-order valence-electron chi connectivity index (χ2n) is 8.58. The second-order valence-corrected chi connectivity index (χ2v) is 8.58. The Labute approximate surface area is 200 Å². The molecule has 6 nitrogen and oxygen atoms in total. The van der Waals surface area contributed by atoms with Gasteiger partial charge >= 0.3 is 0 Å². The Balaban J connectivity index is 1.62. The zero-order chi connectivity index (χ0) is 24.1. The van der Waals surface area contributed by atoms with Gasteiger partial charge in [0.15, 0.2) is 0 Å². The molecule has 1 saturated heterocycles. The Kier molecular flexibility index (Phi) is 7.16. The van der Waals surface area contributed by atoms with Gasteiger partial charge < -0.3 is 19.3 Å². The van der Waals surface area contributed by atoms with Crippen LogP contribution in [0.5, 0.6) is 11.5 Å². The molecular weight excluding hydrogens is 428 g/mol. The smallest absolute Gasteiger partial charge is 0.254 e. The summed E-state index contributed by atoms with van der Waals surface area (Å²) in [6.45, 7) is 1.29. The maximum Gasteiger partial charge on any atom is 0.254 e. The van der Waals surface area contributed by atoms with Gasteiger partial charge in [-0.05, 0) is 35.4 Å². The monoisotopic (exact) mass is 458 g/mol. The topological polar surface area (TPSA) is 59.1 Å². The van der Waals surface area contributed by atoms with Crippen molar-refractivity contribution in [1.82, 2.24) is 9.80 Å². The minimum absolute atomic E-state index is 0.0145. The van der Waals surface area contributed by atoms with Gasteiger partial charge in [0.25, 0.3) is 5.91 Å². The van der Waals surface area contributed by atoms with Crippen molar-refractivity contribution in [3.8, 4) is 11.5 Å². The maximum absolute atomic E-state index is 13.7. The predicted molar refractivity (Wildman–Crippen MR) is 131 cm³/mol. The summed E-state index contributed by atoms with van der Waals surface area (Å²) in [6, 6.07) is 24.8. The molecule has 1 aliphatic rings. The number of carbonyl (C=O) groups excluding carboxylic acids is 2. The molecule has 6 heteroatoms. The van der Waals surface area contributed by atoms with E-state index in [4.69, 9.17) is 9.47 Å². The number of hydrogen-bond donors (Lipinski definition) is 0. The van der Waals surface area contributed by atoms with Crippen molar-refractivity contribution >= 4 is 11.8 Å². The Morgan fingerprint density at radius 2 is 1.65 bits per heavy atom. The number of rotatable bonds is 7. The third-order valence-corrected chi connectivity index (χ3v) is 6.42. The van der Waals surface area contributed by atoms with E-state index in [1.807, 2.05) is 67.7 Å². The molecule has 0 spiro atoms. The summed E-state index contributed by atoms with van der Waals surface area (Å²) in [4.78, 5) is 30.6. The summed E-state index contributed by atoms with van der Waals surface area (Å²) in [5.41, 5.74) is 2.55. The van der Waals surface area contributed by atoms with Gasteiger partial charge in [0, 0.05) is 38.2 Å². The lowest BCUT2D eigenvalue weighted by Crippen LogP contribution is -2.36. The molecule has 1 heterocycles. The highest BCUT2D eigenvalue weighted by Crippen LogP contribution is 2.39. The van der Waals surface area contributed by atoms with Crippen LogP contribution in [0.3, 0.4) is 0 Å². The van der Waals surface area contributed by atoms with Crippen LogP contribution in [0.25, 0.3) is 0 Å². The Bertz CT molecular complexity index is 1150. The van der Waals surface area contributed by atoms with Crippen molar-refractivity contribution in [2.45, 2.75) is 12.5 Å². The van der Waals surface area contributed by atoms with E-state index in [0.717, 1.165) is 16.9 Å². The number of nitrogens with zero attached hydrogens (tertiary/aromatic N) is 2. The molecule has 0 aliphatic carbocycles. The van der Waals surface area contributed by atoms with E-state index in [2.05, 4.69) is 0 Å². The molecule has 0 N–H and O–H groups in total. The predicted octanol–water partition coefficient (Wildman–Crippen LogP) is 4.22. The first-order valence-corrected chi connectivity index (χ1v) is 11.4. The second kappa shape index (κ2) is 10.4. The third-order valence-electron chi connectivity index (χ3n) is 6.42. The summed E-state index contributed by atoms with van der Waals surface area (Å²) in [5.74, 6) is 0.713. The molecule has 4 rings (SSSR count). The molecule has 0 aromatic heterocycles. The lowest BCUT2D eigenvalue weighted by atomic mass is 9.87. The van der Waals surface area contributed by atoms with Gasteiger partial charge in [-0.25, -0.2) is 0 Å². The average molecular weight is 459 g/mol. The number of methoxy groups -OCH3 is 2. The summed E-state index contributed by atoms with van der Waals surface area (Å²) < 4.78 is 10.9. The third kappa shape index (κ3) is 4.91. The molecule has 1 aliphatic heterocycles. The van der Waals surface area contributed by atoms with Gasteiger partial charge in [-0.2, -0.15) is 0 Å². The maximum atomic E-state index is 13.7. The summed E-state index contributed by atoms with van der Waals surface area (Å²) in [7, 11) is 5.03. The Morgan fingerprint density at radius 1 is 0.912 bits per heavy atom. The minimum atomic E-state index is -0.375. The van der Waals surface area contributed by atoms with E-state index in [0.29, 0.717) is 30.9 Å². The molecule has 0 saturated carbocycles. The molecule has 0 bridgehead atoms. The Morgan fingerprint density at radius 3 is 2.38 bits per heavy atom. The Hall–Kier alpha value is -3.80. The summed E-state index contributed by atoms with van der Waals surface area (Å²) >= 11 is 0. The number of benzene rings is 3. The normalized spacial score (nSPS) is 17.3. The van der Waals surface area contributed by atoms with Crippen molar-refractivity contribution in [2.75, 3.05) is 34.4 Å². The van der Waals surface area contributed by atoms with Crippen molar-refractivity contribution in [3.63, 3.8) is 0 Å². The zero-order valence-electron chi connectivity index (χ0n) is 19.8. The van der Waals surface area contributed by atoms with Gasteiger partial charge in [-0.15, -0.1) is 0 Å². The molecule has 2 atom stereocenters. The number of likely N-dealkylation sites (tertiary alicyclic amines) is 1. The fourth-order valence-corrected chi connectivity index (χ4v) is 4.66. The number of amides is 2. The highest BCUT2D eigenvalue weighted by atomic mass is 16.5. The fourth-order valence-electron chi connectivity index (χ4n) is 4.66. The van der Waals surface area contributed by atoms with E-state index in [9.17, 15) is 9.59 Å². The number of carbonyl (C=O) groups is 2. The van der Waals surface area contributed by atoms with Crippen LogP contribution in [0.2, 0.25) is 0 Å². The standard InChI is InChI=1S/C28H30N2O4/c1-29(17-20-10-5-4-6-11-20)28(32)25-19-30(27(31)21-12-9-13-22(16-21)33-2)18-24(25)23-14-7-8-15-26(23)34-3/h4-16,24-25H,17-19H2,1-3H3. The van der Waals surface area contributed by atoms with Crippen molar-refractivity contribution < 1.29 is 19.1 Å². The molecule has 3 aromatic rings. The van der Waals surface area contributed by atoms with Crippen LogP contribution in [0, 0.1) is 5.92 Å². The van der Waals surface area contributed by atoms with E-state index < -0.39 is 0 Å². The molecule has 2 unspecified atom stereocenters. The van der Waals surface area contributed by atoms with Crippen LogP contribution >= 0.6 is 0 Å². The van der Waals surface area contributed by atoms with Crippen LogP contribution in [-0.4, -0.2) is 56.0 Å². The van der Waals surface area contributed by atoms with E-state index in [-0.39, 0.29) is 23.7 Å². The van der Waals surface area contributed by atoms with Crippen LogP contribution in [-0.2, 0) is 11.3 Å². The fraction of sp³-hybridized carbons (Fsp3) is 0.286. The van der Waals surface area contributed by atoms with Gasteiger partial charge in [0.1, 0.15) is 11.5 Å². The van der Waals surface area contributed by atoms with Crippen molar-refractivity contribution in [1.29, 1.82) is 0 Å². The number of para-hydroxylation sites is 1. The lowest BCUT2D eigenvalue weighted by molar-refractivity contribution is -0.134. The summed E-state index contributed by atoms with van der Waals surface area (Å²) in [5, 5.41) is 0. The quantitative estimate of drug-likeness (QED) is 0.532. The highest BCUT2D eigenvalue weighted by Gasteiger charge is 2.42. The van der Waals surface area contributed by atoms with Gasteiger partial charge in [-0.3, -0.25) is 9.59 Å². The van der Waals surface area contributed by atoms with Gasteiger partial charge in [0.05, 0.1) is 20.1 Å². The molecule has 2 amide bonds. The minimum Gasteiger partial charge on any atom is -0.497 e. The molecule has 0 radical (unpaired) electrons. The summed E-state index contributed by atoms with van der Waals surface area (Å²) in [6.07, 6.45) is 0. The number of ether oxygens (including phenoxy) is 2. The molecular formula is C28H30N2O4. The van der Waals surface area contributed by atoms with Crippen LogP contribution < -0.4 is 9.47 Å². The van der Waals surface area contributed by atoms with Crippen LogP contribution in [0.15, 0.2) is 78.9 Å². The first-order chi connectivity index (χ1) is 16.5. The molecule has 176 valence electrons. The van der Waals surface area contributed by atoms with E-state index >= 15 is 0 Å². The number of hydrogen-bond acceptors (Lipinski definition) is 4. The van der Waals surface area contributed by atoms with E-state index in [1.54, 1.807) is 42.2 Å². The van der Waals surface area contributed by atoms with E-state index in [1.165, 1.54) is 0 Å². The molecule has 34 heavy (non-hydrogen) atoms. The van der Waals surface area contributed by atoms with Crippen LogP contribution in [0.1, 0.15) is 27.4 Å². The average Bonchev–Trinajstić information content (AvgIpc) is 3.33. The van der Waals surface area contributed by atoms with Crippen molar-refractivity contribution in [2.24, 2.45) is 5.92 Å². The SMILES string of the molecule is COc1cccc(C(=O)N2CC(C(=O)N(C)Cc3ccccc3)C(c3ccccc3OC)C2)c1. The van der Waals surface area contributed by atoms with Gasteiger partial charge in [-0.1, -0.05) is 54.6 Å². The zero-order valence-corrected chi connectivity index (χ0v) is 19.8. The van der Waals surface area contributed by atoms with Gasteiger partial charge in [0.2, 0.25) is 5.91 Å². The largest absolute Gasteiger partial charge is 0.497 e. The first-order valence-electron chi connectivity index (χ1n) is 11.4. The van der Waals surface area contributed by atoms with Crippen molar-refractivity contribution in [3.05, 3.63) is 95.6 Å². The highest BCUT2D eigenvalue weighted by molar-refractivity contribution is 5.95.